The minimum absolute atomic E-state index is 0.00279. The SMILES string of the molecule is C=CC(=O)OCCOC(C)NCCCCCCCCCC. The van der Waals surface area contributed by atoms with Crippen molar-refractivity contribution in [3.05, 3.63) is 12.7 Å². The maximum absolute atomic E-state index is 10.8. The van der Waals surface area contributed by atoms with E-state index >= 15 is 0 Å². The molecule has 0 rings (SSSR count). The van der Waals surface area contributed by atoms with Gasteiger partial charge >= 0.3 is 5.97 Å². The molecule has 0 aliphatic rings. The number of ether oxygens (including phenoxy) is 2. The van der Waals surface area contributed by atoms with Crippen LogP contribution in [0.15, 0.2) is 12.7 Å². The van der Waals surface area contributed by atoms with Crippen molar-refractivity contribution in [3.63, 3.8) is 0 Å². The Kier molecular flexibility index (Phi) is 14.9. The number of hydrogen-bond acceptors (Lipinski definition) is 4. The zero-order valence-electron chi connectivity index (χ0n) is 13.9. The Morgan fingerprint density at radius 3 is 2.33 bits per heavy atom. The van der Waals surface area contributed by atoms with Crippen LogP contribution < -0.4 is 5.32 Å². The summed E-state index contributed by atoms with van der Waals surface area (Å²) in [5.41, 5.74) is 0. The second-order valence-corrected chi connectivity index (χ2v) is 5.31. The van der Waals surface area contributed by atoms with Gasteiger partial charge in [0.15, 0.2) is 0 Å². The Morgan fingerprint density at radius 1 is 1.10 bits per heavy atom. The van der Waals surface area contributed by atoms with Crippen LogP contribution in [0, 0.1) is 0 Å². The Bertz CT molecular complexity index is 256. The molecule has 0 aromatic rings. The van der Waals surface area contributed by atoms with Crippen molar-refractivity contribution in [1.29, 1.82) is 0 Å². The van der Waals surface area contributed by atoms with Crippen LogP contribution in [-0.4, -0.2) is 32.0 Å². The van der Waals surface area contributed by atoms with Gasteiger partial charge in [-0.25, -0.2) is 4.79 Å². The third-order valence-electron chi connectivity index (χ3n) is 3.32. The molecule has 0 bridgehead atoms. The second-order valence-electron chi connectivity index (χ2n) is 5.31. The first-order valence-corrected chi connectivity index (χ1v) is 8.34. The topological polar surface area (TPSA) is 47.6 Å². The maximum atomic E-state index is 10.8. The van der Waals surface area contributed by atoms with E-state index in [2.05, 4.69) is 18.8 Å². The largest absolute Gasteiger partial charge is 0.460 e. The summed E-state index contributed by atoms with van der Waals surface area (Å²) >= 11 is 0. The van der Waals surface area contributed by atoms with Crippen LogP contribution in [0.3, 0.4) is 0 Å². The average Bonchev–Trinajstić information content (AvgIpc) is 2.49. The number of nitrogens with one attached hydrogen (secondary N) is 1. The van der Waals surface area contributed by atoms with E-state index in [9.17, 15) is 4.79 Å². The molecule has 1 atom stereocenters. The first-order valence-electron chi connectivity index (χ1n) is 8.34. The van der Waals surface area contributed by atoms with Crippen molar-refractivity contribution in [2.75, 3.05) is 19.8 Å². The van der Waals surface area contributed by atoms with Crippen LogP contribution in [0.25, 0.3) is 0 Å². The molecule has 21 heavy (non-hydrogen) atoms. The molecular formula is C17H33NO3. The predicted molar refractivity (Wildman–Crippen MR) is 87.2 cm³/mol. The van der Waals surface area contributed by atoms with Crippen molar-refractivity contribution in [2.24, 2.45) is 0 Å². The highest BCUT2D eigenvalue weighted by Gasteiger charge is 2.01. The molecule has 0 spiro atoms. The molecule has 0 aromatic heterocycles. The van der Waals surface area contributed by atoms with E-state index < -0.39 is 5.97 Å². The Balaban J connectivity index is 3.20. The van der Waals surface area contributed by atoms with Crippen LogP contribution in [-0.2, 0) is 14.3 Å². The molecule has 1 unspecified atom stereocenters. The van der Waals surface area contributed by atoms with Crippen molar-refractivity contribution >= 4 is 5.97 Å². The number of unbranched alkanes of at least 4 members (excludes halogenated alkanes) is 7. The minimum atomic E-state index is -0.404. The lowest BCUT2D eigenvalue weighted by molar-refractivity contribution is -0.140. The summed E-state index contributed by atoms with van der Waals surface area (Å²) in [6.45, 7) is 9.21. The van der Waals surface area contributed by atoms with E-state index in [0.717, 1.165) is 12.6 Å². The van der Waals surface area contributed by atoms with Gasteiger partial charge in [-0.05, 0) is 19.9 Å². The second kappa shape index (κ2) is 15.5. The summed E-state index contributed by atoms with van der Waals surface area (Å²) in [6.07, 6.45) is 11.8. The summed E-state index contributed by atoms with van der Waals surface area (Å²) < 4.78 is 10.3. The monoisotopic (exact) mass is 299 g/mol. The fourth-order valence-corrected chi connectivity index (χ4v) is 2.05. The van der Waals surface area contributed by atoms with Gasteiger partial charge in [-0.3, -0.25) is 5.32 Å². The lowest BCUT2D eigenvalue weighted by Gasteiger charge is -2.14. The van der Waals surface area contributed by atoms with E-state index in [-0.39, 0.29) is 12.8 Å². The summed E-state index contributed by atoms with van der Waals surface area (Å²) in [4.78, 5) is 10.8. The third-order valence-corrected chi connectivity index (χ3v) is 3.32. The third kappa shape index (κ3) is 15.3. The molecule has 0 saturated heterocycles. The molecule has 0 aliphatic heterocycles. The summed E-state index contributed by atoms with van der Waals surface area (Å²) in [5, 5.41) is 3.31. The van der Waals surface area contributed by atoms with Gasteiger partial charge in [-0.1, -0.05) is 58.4 Å². The van der Waals surface area contributed by atoms with Gasteiger partial charge in [0.05, 0.1) is 6.61 Å². The molecule has 0 aliphatic carbocycles. The van der Waals surface area contributed by atoms with E-state index in [4.69, 9.17) is 9.47 Å². The predicted octanol–water partition coefficient (Wildman–Crippen LogP) is 3.81. The van der Waals surface area contributed by atoms with E-state index in [0.29, 0.717) is 6.61 Å². The molecule has 4 heteroatoms. The van der Waals surface area contributed by atoms with Gasteiger partial charge in [0.1, 0.15) is 12.8 Å². The first-order chi connectivity index (χ1) is 10.2. The molecular weight excluding hydrogens is 266 g/mol. The van der Waals surface area contributed by atoms with Gasteiger partial charge < -0.3 is 9.47 Å². The van der Waals surface area contributed by atoms with Gasteiger partial charge in [0.2, 0.25) is 0 Å². The van der Waals surface area contributed by atoms with E-state index in [1.807, 2.05) is 6.92 Å². The van der Waals surface area contributed by atoms with Gasteiger partial charge in [0, 0.05) is 6.08 Å². The highest BCUT2D eigenvalue weighted by molar-refractivity contribution is 5.81. The standard InChI is InChI=1S/C17H33NO3/c1-4-6-7-8-9-10-11-12-13-18-16(3)20-14-15-21-17(19)5-2/h5,16,18H,2,4,6-15H2,1,3H3. The maximum Gasteiger partial charge on any atom is 0.330 e. The van der Waals surface area contributed by atoms with Crippen LogP contribution in [0.1, 0.15) is 65.2 Å². The number of carbonyl (C=O) groups is 1. The lowest BCUT2D eigenvalue weighted by atomic mass is 10.1. The zero-order chi connectivity index (χ0) is 15.8. The molecule has 0 radical (unpaired) electrons. The van der Waals surface area contributed by atoms with Gasteiger partial charge in [-0.2, -0.15) is 0 Å². The lowest BCUT2D eigenvalue weighted by Crippen LogP contribution is -2.30. The Hall–Kier alpha value is -0.870. The molecule has 4 nitrogen and oxygen atoms in total. The summed E-state index contributed by atoms with van der Waals surface area (Å²) in [6, 6.07) is 0. The quantitative estimate of drug-likeness (QED) is 0.216. The highest BCUT2D eigenvalue weighted by atomic mass is 16.6. The van der Waals surface area contributed by atoms with Crippen LogP contribution >= 0.6 is 0 Å². The normalized spacial score (nSPS) is 12.1. The summed E-state index contributed by atoms with van der Waals surface area (Å²) in [5.74, 6) is -0.404. The van der Waals surface area contributed by atoms with Crippen molar-refractivity contribution < 1.29 is 14.3 Å². The first kappa shape index (κ1) is 20.1. The number of hydrogen-bond donors (Lipinski definition) is 1. The van der Waals surface area contributed by atoms with Crippen LogP contribution in [0.2, 0.25) is 0 Å². The van der Waals surface area contributed by atoms with Crippen LogP contribution in [0.4, 0.5) is 0 Å². The highest BCUT2D eigenvalue weighted by Crippen LogP contribution is 2.07. The van der Waals surface area contributed by atoms with E-state index in [1.54, 1.807) is 0 Å². The van der Waals surface area contributed by atoms with Crippen molar-refractivity contribution in [1.82, 2.24) is 5.32 Å². The van der Waals surface area contributed by atoms with Gasteiger partial charge in [-0.15, -0.1) is 0 Å². The zero-order valence-corrected chi connectivity index (χ0v) is 13.9. The van der Waals surface area contributed by atoms with Crippen molar-refractivity contribution in [3.8, 4) is 0 Å². The van der Waals surface area contributed by atoms with Crippen LogP contribution in [0.5, 0.6) is 0 Å². The molecule has 1 N–H and O–H groups in total. The Labute approximate surface area is 130 Å². The molecule has 0 saturated carbocycles. The number of esters is 1. The van der Waals surface area contributed by atoms with E-state index in [1.165, 1.54) is 51.4 Å². The fourth-order valence-electron chi connectivity index (χ4n) is 2.05. The molecule has 0 fully saturated rings. The smallest absolute Gasteiger partial charge is 0.330 e. The fraction of sp³-hybridized carbons (Fsp3) is 0.824. The van der Waals surface area contributed by atoms with Crippen molar-refractivity contribution in [2.45, 2.75) is 71.4 Å². The minimum Gasteiger partial charge on any atom is -0.460 e. The summed E-state index contributed by atoms with van der Waals surface area (Å²) in [7, 11) is 0. The molecule has 0 heterocycles. The Morgan fingerprint density at radius 2 is 1.71 bits per heavy atom. The molecule has 0 aromatic carbocycles. The average molecular weight is 299 g/mol. The number of carbonyl (C=O) groups excluding carboxylic acids is 1. The molecule has 124 valence electrons. The molecule has 0 amide bonds. The van der Waals surface area contributed by atoms with Gasteiger partial charge in [0.25, 0.3) is 0 Å². The number of rotatable bonds is 15.